The maximum atomic E-state index is 12.7. The van der Waals surface area contributed by atoms with Crippen LogP contribution in [0.5, 0.6) is 5.75 Å². The van der Waals surface area contributed by atoms with Gasteiger partial charge >= 0.3 is 0 Å². The topological polar surface area (TPSA) is 67.4 Å². The molecule has 5 heteroatoms. The molecule has 0 radical (unpaired) electrons. The second kappa shape index (κ2) is 9.59. The molecule has 0 unspecified atom stereocenters. The van der Waals surface area contributed by atoms with Crippen molar-refractivity contribution in [1.29, 1.82) is 0 Å². The molecule has 0 aromatic heterocycles. The molecular weight excluding hydrogens is 364 g/mol. The monoisotopic (exact) mass is 394 g/mol. The number of rotatable bonds is 6. The van der Waals surface area contributed by atoms with Gasteiger partial charge in [-0.05, 0) is 75.8 Å². The molecule has 3 rings (SSSR count). The van der Waals surface area contributed by atoms with E-state index in [9.17, 15) is 9.59 Å². The van der Waals surface area contributed by atoms with Gasteiger partial charge in [-0.15, -0.1) is 0 Å². The van der Waals surface area contributed by atoms with Gasteiger partial charge in [0.25, 0.3) is 0 Å². The van der Waals surface area contributed by atoms with Crippen molar-refractivity contribution in [2.45, 2.75) is 46.5 Å². The van der Waals surface area contributed by atoms with Crippen molar-refractivity contribution < 1.29 is 14.3 Å². The molecule has 2 amide bonds. The lowest BCUT2D eigenvalue weighted by Crippen LogP contribution is -2.32. The van der Waals surface area contributed by atoms with Crippen LogP contribution in [0.4, 0.5) is 11.4 Å². The molecule has 29 heavy (non-hydrogen) atoms. The SMILES string of the molecule is CCOc1ccccc1NC(=O)C1CCC(C(=O)Nc2cccc(C)c2C)CC1. The zero-order chi connectivity index (χ0) is 20.8. The normalized spacial score (nSPS) is 18.7. The highest BCUT2D eigenvalue weighted by Crippen LogP contribution is 2.32. The first-order valence-electron chi connectivity index (χ1n) is 10.4. The molecule has 0 bridgehead atoms. The summed E-state index contributed by atoms with van der Waals surface area (Å²) in [5.74, 6) is 0.624. The molecule has 2 aromatic rings. The van der Waals surface area contributed by atoms with Gasteiger partial charge in [0.05, 0.1) is 12.3 Å². The number of carbonyl (C=O) groups is 2. The van der Waals surface area contributed by atoms with Gasteiger partial charge in [0.2, 0.25) is 11.8 Å². The van der Waals surface area contributed by atoms with Crippen LogP contribution in [-0.2, 0) is 9.59 Å². The average Bonchev–Trinajstić information content (AvgIpc) is 2.73. The van der Waals surface area contributed by atoms with Gasteiger partial charge in [0.1, 0.15) is 5.75 Å². The van der Waals surface area contributed by atoms with Crippen molar-refractivity contribution in [2.75, 3.05) is 17.2 Å². The van der Waals surface area contributed by atoms with Crippen LogP contribution in [0.15, 0.2) is 42.5 Å². The van der Waals surface area contributed by atoms with E-state index in [-0.39, 0.29) is 23.7 Å². The van der Waals surface area contributed by atoms with Gasteiger partial charge in [-0.1, -0.05) is 24.3 Å². The summed E-state index contributed by atoms with van der Waals surface area (Å²) >= 11 is 0. The molecule has 5 nitrogen and oxygen atoms in total. The van der Waals surface area contributed by atoms with Crippen LogP contribution in [0.3, 0.4) is 0 Å². The van der Waals surface area contributed by atoms with E-state index in [1.165, 1.54) is 0 Å². The summed E-state index contributed by atoms with van der Waals surface area (Å²) in [5.41, 5.74) is 3.84. The smallest absolute Gasteiger partial charge is 0.227 e. The van der Waals surface area contributed by atoms with E-state index in [4.69, 9.17) is 4.74 Å². The molecule has 0 spiro atoms. The minimum absolute atomic E-state index is 0.00513. The van der Waals surface area contributed by atoms with E-state index in [0.717, 1.165) is 29.7 Å². The summed E-state index contributed by atoms with van der Waals surface area (Å²) in [7, 11) is 0. The van der Waals surface area contributed by atoms with Gasteiger partial charge in [-0.2, -0.15) is 0 Å². The van der Waals surface area contributed by atoms with Crippen LogP contribution in [0, 0.1) is 25.7 Å². The summed E-state index contributed by atoms with van der Waals surface area (Å²) < 4.78 is 5.58. The molecule has 2 aromatic carbocycles. The van der Waals surface area contributed by atoms with Crippen molar-refractivity contribution in [3.8, 4) is 5.75 Å². The predicted molar refractivity (Wildman–Crippen MR) is 116 cm³/mol. The maximum absolute atomic E-state index is 12.7. The Morgan fingerprint density at radius 3 is 2.03 bits per heavy atom. The van der Waals surface area contributed by atoms with E-state index in [0.29, 0.717) is 30.9 Å². The summed E-state index contributed by atoms with van der Waals surface area (Å²) in [6, 6.07) is 13.4. The van der Waals surface area contributed by atoms with Gasteiger partial charge in [-0.25, -0.2) is 0 Å². The summed E-state index contributed by atoms with van der Waals surface area (Å²) in [5, 5.41) is 6.07. The highest BCUT2D eigenvalue weighted by Gasteiger charge is 2.30. The number of nitrogens with one attached hydrogen (secondary N) is 2. The van der Waals surface area contributed by atoms with Crippen LogP contribution >= 0.6 is 0 Å². The Morgan fingerprint density at radius 1 is 0.862 bits per heavy atom. The van der Waals surface area contributed by atoms with Crippen molar-refractivity contribution >= 4 is 23.2 Å². The summed E-state index contributed by atoms with van der Waals surface area (Å²) in [4.78, 5) is 25.4. The Labute approximate surface area is 172 Å². The van der Waals surface area contributed by atoms with E-state index in [2.05, 4.69) is 10.6 Å². The molecule has 0 saturated heterocycles. The second-order valence-electron chi connectivity index (χ2n) is 7.70. The van der Waals surface area contributed by atoms with Crippen molar-refractivity contribution in [1.82, 2.24) is 0 Å². The zero-order valence-corrected chi connectivity index (χ0v) is 17.5. The highest BCUT2D eigenvalue weighted by molar-refractivity contribution is 5.95. The first kappa shape index (κ1) is 20.9. The van der Waals surface area contributed by atoms with Gasteiger partial charge in [-0.3, -0.25) is 9.59 Å². The number of carbonyl (C=O) groups excluding carboxylic acids is 2. The molecule has 0 atom stereocenters. The van der Waals surface area contributed by atoms with Gasteiger partial charge < -0.3 is 15.4 Å². The third kappa shape index (κ3) is 5.17. The largest absolute Gasteiger partial charge is 0.492 e. The van der Waals surface area contributed by atoms with Crippen molar-refractivity contribution in [3.63, 3.8) is 0 Å². The number of ether oxygens (including phenoxy) is 1. The lowest BCUT2D eigenvalue weighted by Gasteiger charge is -2.27. The highest BCUT2D eigenvalue weighted by atomic mass is 16.5. The molecule has 1 fully saturated rings. The zero-order valence-electron chi connectivity index (χ0n) is 17.5. The third-order valence-electron chi connectivity index (χ3n) is 5.78. The molecule has 2 N–H and O–H groups in total. The van der Waals surface area contributed by atoms with Crippen molar-refractivity contribution in [3.05, 3.63) is 53.6 Å². The van der Waals surface area contributed by atoms with Crippen LogP contribution in [-0.4, -0.2) is 18.4 Å². The standard InChI is InChI=1S/C24H30N2O3/c1-4-29-22-11-6-5-9-21(22)26-24(28)19-14-12-18(13-15-19)23(27)25-20-10-7-8-16(2)17(20)3/h5-11,18-19H,4,12-15H2,1-3H3,(H,25,27)(H,26,28). The van der Waals surface area contributed by atoms with Gasteiger partial charge in [0.15, 0.2) is 0 Å². The van der Waals surface area contributed by atoms with Crippen LogP contribution in [0.2, 0.25) is 0 Å². The van der Waals surface area contributed by atoms with E-state index >= 15 is 0 Å². The maximum Gasteiger partial charge on any atom is 0.227 e. The molecule has 154 valence electrons. The average molecular weight is 395 g/mol. The van der Waals surface area contributed by atoms with Crippen LogP contribution < -0.4 is 15.4 Å². The van der Waals surface area contributed by atoms with Crippen LogP contribution in [0.25, 0.3) is 0 Å². The fraction of sp³-hybridized carbons (Fsp3) is 0.417. The third-order valence-corrected chi connectivity index (χ3v) is 5.78. The van der Waals surface area contributed by atoms with E-state index in [1.807, 2.05) is 63.2 Å². The van der Waals surface area contributed by atoms with Crippen LogP contribution in [0.1, 0.15) is 43.7 Å². The first-order valence-corrected chi connectivity index (χ1v) is 10.4. The lowest BCUT2D eigenvalue weighted by molar-refractivity contribution is -0.125. The first-order chi connectivity index (χ1) is 14.0. The molecule has 0 heterocycles. The Bertz CT molecular complexity index is 870. The molecule has 0 aliphatic heterocycles. The van der Waals surface area contributed by atoms with E-state index < -0.39 is 0 Å². The lowest BCUT2D eigenvalue weighted by atomic mass is 9.81. The summed E-state index contributed by atoms with van der Waals surface area (Å²) in [6.45, 7) is 6.53. The van der Waals surface area contributed by atoms with E-state index in [1.54, 1.807) is 0 Å². The Balaban J connectivity index is 1.54. The fourth-order valence-corrected chi connectivity index (χ4v) is 3.83. The molecular formula is C24H30N2O3. The minimum Gasteiger partial charge on any atom is -0.492 e. The number of para-hydroxylation sites is 2. The fourth-order valence-electron chi connectivity index (χ4n) is 3.83. The quantitative estimate of drug-likeness (QED) is 0.717. The molecule has 1 aliphatic rings. The number of hydrogen-bond donors (Lipinski definition) is 2. The molecule has 1 saturated carbocycles. The second-order valence-corrected chi connectivity index (χ2v) is 7.70. The predicted octanol–water partition coefficient (Wildman–Crippen LogP) is 5.09. The summed E-state index contributed by atoms with van der Waals surface area (Å²) in [6.07, 6.45) is 2.88. The number of benzene rings is 2. The number of amides is 2. The minimum atomic E-state index is -0.0746. The number of hydrogen-bond acceptors (Lipinski definition) is 3. The molecule has 1 aliphatic carbocycles. The van der Waals surface area contributed by atoms with Gasteiger partial charge in [0, 0.05) is 17.5 Å². The number of aryl methyl sites for hydroxylation is 1. The Morgan fingerprint density at radius 2 is 1.41 bits per heavy atom. The Hall–Kier alpha value is -2.82. The number of anilines is 2. The van der Waals surface area contributed by atoms with Crippen molar-refractivity contribution in [2.24, 2.45) is 11.8 Å². The Kier molecular flexibility index (Phi) is 6.91.